The summed E-state index contributed by atoms with van der Waals surface area (Å²) in [4.78, 5) is 22.7. The lowest BCUT2D eigenvalue weighted by Gasteiger charge is -2.08. The fraction of sp³-hybridized carbons (Fsp3) is 0.188. The van der Waals surface area contributed by atoms with Crippen molar-refractivity contribution in [2.45, 2.75) is 13.5 Å². The summed E-state index contributed by atoms with van der Waals surface area (Å²) < 4.78 is 4.99. The first kappa shape index (κ1) is 17.6. The highest BCUT2D eigenvalue weighted by atomic mass is 35.5. The predicted octanol–water partition coefficient (Wildman–Crippen LogP) is 2.12. The summed E-state index contributed by atoms with van der Waals surface area (Å²) in [5.74, 6) is 0.817. The van der Waals surface area contributed by atoms with Crippen LogP contribution < -0.4 is 16.6 Å². The Morgan fingerprint density at radius 3 is 2.88 bits per heavy atom. The molecule has 0 unspecified atom stereocenters. The number of nitrogens with zero attached hydrogens (tertiary/aromatic N) is 2. The lowest BCUT2D eigenvalue weighted by molar-refractivity contribution is 0.288. The molecule has 0 radical (unpaired) electrons. The minimum Gasteiger partial charge on any atom is -0.498 e. The van der Waals surface area contributed by atoms with Gasteiger partial charge in [-0.15, -0.1) is 0 Å². The first-order valence-corrected chi connectivity index (χ1v) is 7.43. The number of guanidine groups is 1. The highest BCUT2D eigenvalue weighted by molar-refractivity contribution is 6.31. The number of ether oxygens (including phenoxy) is 1. The molecular weight excluding hydrogens is 330 g/mol. The Kier molecular flexibility index (Phi) is 5.59. The van der Waals surface area contributed by atoms with Crippen LogP contribution in [0, 0.1) is 0 Å². The van der Waals surface area contributed by atoms with Gasteiger partial charge in [0.05, 0.1) is 7.11 Å². The monoisotopic (exact) mass is 347 g/mol. The Morgan fingerprint density at radius 1 is 1.46 bits per heavy atom. The summed E-state index contributed by atoms with van der Waals surface area (Å²) in [6.45, 7) is 5.31. The first-order valence-electron chi connectivity index (χ1n) is 7.05. The molecule has 7 nitrogen and oxygen atoms in total. The van der Waals surface area contributed by atoms with Gasteiger partial charge in [0.25, 0.3) is 5.56 Å². The third-order valence-electron chi connectivity index (χ3n) is 3.36. The highest BCUT2D eigenvalue weighted by Gasteiger charge is 2.06. The molecule has 8 heteroatoms. The van der Waals surface area contributed by atoms with Crippen molar-refractivity contribution in [1.82, 2.24) is 10.3 Å². The van der Waals surface area contributed by atoms with Gasteiger partial charge in [0, 0.05) is 28.0 Å². The van der Waals surface area contributed by atoms with Gasteiger partial charge in [0.2, 0.25) is 5.96 Å². The number of aromatic amines is 1. The fourth-order valence-electron chi connectivity index (χ4n) is 1.96. The van der Waals surface area contributed by atoms with Gasteiger partial charge in [0.1, 0.15) is 5.76 Å². The van der Waals surface area contributed by atoms with E-state index < -0.39 is 0 Å². The van der Waals surface area contributed by atoms with E-state index in [9.17, 15) is 4.79 Å². The van der Waals surface area contributed by atoms with Gasteiger partial charge < -0.3 is 20.8 Å². The van der Waals surface area contributed by atoms with Gasteiger partial charge in [-0.3, -0.25) is 4.79 Å². The minimum atomic E-state index is -0.211. The van der Waals surface area contributed by atoms with E-state index in [2.05, 4.69) is 27.0 Å². The zero-order chi connectivity index (χ0) is 17.7. The Bertz CT molecular complexity index is 886. The van der Waals surface area contributed by atoms with Crippen molar-refractivity contribution >= 4 is 35.2 Å². The molecule has 24 heavy (non-hydrogen) atoms. The Labute approximate surface area is 143 Å². The van der Waals surface area contributed by atoms with Crippen LogP contribution in [0.5, 0.6) is 0 Å². The molecule has 0 bridgehead atoms. The maximum absolute atomic E-state index is 12.1. The van der Waals surface area contributed by atoms with Gasteiger partial charge in [-0.1, -0.05) is 11.6 Å². The molecular formula is C16H18ClN5O2. The van der Waals surface area contributed by atoms with Crippen LogP contribution in [0.25, 0.3) is 10.9 Å². The number of hydrogen-bond donors (Lipinski definition) is 3. The van der Waals surface area contributed by atoms with Crippen molar-refractivity contribution < 1.29 is 4.74 Å². The van der Waals surface area contributed by atoms with Crippen LogP contribution in [0.3, 0.4) is 0 Å². The highest BCUT2D eigenvalue weighted by Crippen LogP contribution is 2.17. The van der Waals surface area contributed by atoms with Crippen molar-refractivity contribution in [3.8, 4) is 0 Å². The molecule has 0 saturated heterocycles. The van der Waals surface area contributed by atoms with Crippen LogP contribution in [0.2, 0.25) is 5.02 Å². The third-order valence-corrected chi connectivity index (χ3v) is 3.60. The van der Waals surface area contributed by atoms with E-state index >= 15 is 0 Å². The molecule has 0 fully saturated rings. The number of nitrogens with two attached hydrogens (primary N) is 1. The number of allylic oxidation sites excluding steroid dienone is 1. The molecule has 2 rings (SSSR count). The molecule has 126 valence electrons. The van der Waals surface area contributed by atoms with Crippen LogP contribution in [0.4, 0.5) is 0 Å². The standard InChI is InChI=1S/C16H18ClN5O2/c1-9(24-3)14(18)22-16(19-2)20-8-11-6-10-7-12(17)4-5-13(10)21-15(11)23/h4-7H,2,8,18H2,1,3H3,(H,20,22)(H,21,23)/b14-9+. The minimum absolute atomic E-state index is 0.173. The molecule has 0 atom stereocenters. The molecule has 0 aliphatic carbocycles. The smallest absolute Gasteiger partial charge is 0.253 e. The number of aliphatic imine (C=N–C) groups is 2. The van der Waals surface area contributed by atoms with E-state index in [0.29, 0.717) is 21.9 Å². The van der Waals surface area contributed by atoms with Crippen molar-refractivity contribution in [1.29, 1.82) is 0 Å². The van der Waals surface area contributed by atoms with Gasteiger partial charge in [-0.25, -0.2) is 4.99 Å². The van der Waals surface area contributed by atoms with Crippen LogP contribution >= 0.6 is 11.6 Å². The predicted molar refractivity (Wildman–Crippen MR) is 97.3 cm³/mol. The molecule has 0 amide bonds. The number of aromatic nitrogens is 1. The normalized spacial score (nSPS) is 12.7. The topological polar surface area (TPSA) is 105 Å². The van der Waals surface area contributed by atoms with E-state index in [1.54, 1.807) is 31.2 Å². The molecule has 1 aromatic carbocycles. The number of methoxy groups -OCH3 is 1. The van der Waals surface area contributed by atoms with Crippen molar-refractivity contribution in [2.75, 3.05) is 7.11 Å². The quantitative estimate of drug-likeness (QED) is 0.447. The molecule has 0 aliphatic rings. The summed E-state index contributed by atoms with van der Waals surface area (Å²) in [5, 5.41) is 4.34. The summed E-state index contributed by atoms with van der Waals surface area (Å²) in [7, 11) is 1.49. The fourth-order valence-corrected chi connectivity index (χ4v) is 2.14. The van der Waals surface area contributed by atoms with E-state index in [0.717, 1.165) is 5.39 Å². The summed E-state index contributed by atoms with van der Waals surface area (Å²) in [5.41, 5.74) is 6.76. The number of hydrogen-bond acceptors (Lipinski definition) is 4. The number of benzene rings is 1. The second kappa shape index (κ2) is 7.65. The number of pyridine rings is 1. The van der Waals surface area contributed by atoms with Gasteiger partial charge in [0.15, 0.2) is 5.82 Å². The number of nitrogens with one attached hydrogen (secondary N) is 2. The van der Waals surface area contributed by atoms with E-state index in [4.69, 9.17) is 22.1 Å². The maximum Gasteiger partial charge on any atom is 0.253 e. The Hall–Kier alpha value is -2.80. The first-order chi connectivity index (χ1) is 11.4. The number of H-pyrrole nitrogens is 1. The van der Waals surface area contributed by atoms with Crippen LogP contribution in [-0.4, -0.2) is 24.8 Å². The van der Waals surface area contributed by atoms with Gasteiger partial charge >= 0.3 is 0 Å². The summed E-state index contributed by atoms with van der Waals surface area (Å²) >= 11 is 5.98. The van der Waals surface area contributed by atoms with E-state index in [1.807, 2.05) is 0 Å². The molecule has 0 saturated carbocycles. The SMILES string of the molecule is C=N/C(=N\C(N)=C(/C)OC)NCc1cc2cc(Cl)ccc2[nH]c1=O. The van der Waals surface area contributed by atoms with E-state index in [-0.39, 0.29) is 23.9 Å². The van der Waals surface area contributed by atoms with Crippen molar-refractivity contribution in [3.63, 3.8) is 0 Å². The molecule has 4 N–H and O–H groups in total. The van der Waals surface area contributed by atoms with Gasteiger partial charge in [-0.2, -0.15) is 4.99 Å². The average Bonchev–Trinajstić information content (AvgIpc) is 2.57. The zero-order valence-corrected chi connectivity index (χ0v) is 14.1. The van der Waals surface area contributed by atoms with Crippen LogP contribution in [0.15, 0.2) is 50.6 Å². The third kappa shape index (κ3) is 4.14. The number of halogens is 1. The second-order valence-corrected chi connectivity index (χ2v) is 5.38. The van der Waals surface area contributed by atoms with Crippen LogP contribution in [-0.2, 0) is 11.3 Å². The summed E-state index contributed by atoms with van der Waals surface area (Å²) in [6, 6.07) is 7.01. The molecule has 2 aromatic rings. The Balaban J connectivity index is 2.26. The van der Waals surface area contributed by atoms with Gasteiger partial charge in [-0.05, 0) is 37.9 Å². The summed E-state index contributed by atoms with van der Waals surface area (Å²) in [6.07, 6.45) is 0. The molecule has 1 aromatic heterocycles. The number of fused-ring (bicyclic) bond motifs is 1. The zero-order valence-electron chi connectivity index (χ0n) is 13.4. The molecule has 0 aliphatic heterocycles. The lowest BCUT2D eigenvalue weighted by atomic mass is 10.1. The molecule has 0 spiro atoms. The Morgan fingerprint density at radius 2 is 2.21 bits per heavy atom. The largest absolute Gasteiger partial charge is 0.498 e. The average molecular weight is 348 g/mol. The van der Waals surface area contributed by atoms with Crippen LogP contribution in [0.1, 0.15) is 12.5 Å². The molecule has 1 heterocycles. The maximum atomic E-state index is 12.1. The number of rotatable bonds is 4. The van der Waals surface area contributed by atoms with Crippen molar-refractivity contribution in [2.24, 2.45) is 15.7 Å². The second-order valence-electron chi connectivity index (χ2n) is 4.95. The van der Waals surface area contributed by atoms with Crippen molar-refractivity contribution in [3.05, 3.63) is 56.8 Å². The lowest BCUT2D eigenvalue weighted by Crippen LogP contribution is -2.26. The van der Waals surface area contributed by atoms with E-state index in [1.165, 1.54) is 7.11 Å².